The fourth-order valence-electron chi connectivity index (χ4n) is 9.99. The Morgan fingerprint density at radius 3 is 0.590 bits per heavy atom. The lowest BCUT2D eigenvalue weighted by Crippen LogP contribution is -2.27. The van der Waals surface area contributed by atoms with Crippen molar-refractivity contribution < 1.29 is 14.0 Å². The van der Waals surface area contributed by atoms with Crippen LogP contribution in [-0.4, -0.2) is 18.2 Å². The van der Waals surface area contributed by atoms with Crippen molar-refractivity contribution in [1.29, 1.82) is 0 Å². The van der Waals surface area contributed by atoms with Gasteiger partial charge in [-0.15, -0.1) is 0 Å². The average molecular weight is 882 g/mol. The summed E-state index contributed by atoms with van der Waals surface area (Å²) >= 11 is 0. The lowest BCUT2D eigenvalue weighted by molar-refractivity contribution is 0.0927. The monoisotopic (exact) mass is 881 g/mol. The van der Waals surface area contributed by atoms with Crippen molar-refractivity contribution >= 4 is 7.60 Å². The number of hydrogen-bond acceptors (Lipinski definition) is 2. The van der Waals surface area contributed by atoms with E-state index in [0.29, 0.717) is 6.61 Å². The molecule has 0 aliphatic heterocycles. The molecule has 0 radical (unpaired) electrons. The van der Waals surface area contributed by atoms with Crippen LogP contribution in [0.5, 0.6) is 0 Å². The van der Waals surface area contributed by atoms with Crippen molar-refractivity contribution in [1.82, 2.24) is 0 Å². The van der Waals surface area contributed by atoms with E-state index in [1.165, 1.54) is 334 Å². The topological polar surface area (TPSA) is 46.5 Å². The van der Waals surface area contributed by atoms with Crippen molar-refractivity contribution in [3.05, 3.63) is 0 Å². The minimum absolute atomic E-state index is 0.0659. The highest BCUT2D eigenvalue weighted by Gasteiger charge is 2.31. The molecule has 368 valence electrons. The molecule has 0 bridgehead atoms. The second kappa shape index (κ2) is 49.6. The van der Waals surface area contributed by atoms with E-state index in [0.717, 1.165) is 0 Å². The molecular formula is C57H117O3P. The van der Waals surface area contributed by atoms with E-state index in [1.54, 1.807) is 0 Å². The van der Waals surface area contributed by atoms with Crippen molar-refractivity contribution in [3.8, 4) is 0 Å². The zero-order valence-corrected chi connectivity index (χ0v) is 43.9. The number of unbranched alkanes of at least 4 members (excludes halogenated alkanes) is 45. The second-order valence-corrected chi connectivity index (χ2v) is 22.6. The van der Waals surface area contributed by atoms with E-state index in [1.807, 2.05) is 0 Å². The third-order valence-electron chi connectivity index (χ3n) is 14.3. The molecule has 0 heterocycles. The average Bonchev–Trinajstić information content (AvgIpc) is 3.24. The van der Waals surface area contributed by atoms with Crippen LogP contribution in [0.2, 0.25) is 0 Å². The molecule has 0 amide bonds. The van der Waals surface area contributed by atoms with Crippen LogP contribution >= 0.6 is 7.60 Å². The predicted octanol–water partition coefficient (Wildman–Crippen LogP) is 21.8. The first-order valence-corrected chi connectivity index (χ1v) is 30.9. The normalized spacial score (nSPS) is 13.1. The quantitative estimate of drug-likeness (QED) is 0.0489. The first-order chi connectivity index (χ1) is 29.9. The summed E-state index contributed by atoms with van der Waals surface area (Å²) in [4.78, 5) is 10.3. The lowest BCUT2D eigenvalue weighted by Gasteiger charge is -2.35. The van der Waals surface area contributed by atoms with Crippen molar-refractivity contribution in [2.24, 2.45) is 5.41 Å². The number of rotatable bonds is 54. The van der Waals surface area contributed by atoms with Gasteiger partial charge in [0.25, 0.3) is 0 Å². The molecule has 0 aliphatic rings. The van der Waals surface area contributed by atoms with Crippen LogP contribution in [0.4, 0.5) is 0 Å². The standard InChI is InChI=1S/C57H117O3P/c1-5-8-11-14-17-20-23-26-29-32-35-38-41-44-47-50-53-57(56-60-61(4,58)59,54-51-48-45-42-39-36-33-30-27-24-21-18-15-12-9-6-2)55-52-49-46-43-40-37-34-31-28-25-22-19-16-13-10-7-3/h5-56H2,1-4H3,(H,58,59). The Kier molecular flexibility index (Phi) is 49.7. The van der Waals surface area contributed by atoms with Crippen LogP contribution < -0.4 is 0 Å². The van der Waals surface area contributed by atoms with Crippen LogP contribution in [0, 0.1) is 5.41 Å². The highest BCUT2D eigenvalue weighted by molar-refractivity contribution is 7.51. The minimum Gasteiger partial charge on any atom is -0.324 e. The molecular weight excluding hydrogens is 764 g/mol. The van der Waals surface area contributed by atoms with Crippen LogP contribution in [0.25, 0.3) is 0 Å². The van der Waals surface area contributed by atoms with Crippen molar-refractivity contribution in [2.75, 3.05) is 13.3 Å². The molecule has 0 aliphatic carbocycles. The van der Waals surface area contributed by atoms with Crippen LogP contribution in [0.15, 0.2) is 0 Å². The van der Waals surface area contributed by atoms with E-state index < -0.39 is 7.60 Å². The molecule has 4 heteroatoms. The van der Waals surface area contributed by atoms with E-state index >= 15 is 0 Å². The van der Waals surface area contributed by atoms with E-state index in [9.17, 15) is 9.46 Å². The van der Waals surface area contributed by atoms with Gasteiger partial charge in [0.2, 0.25) is 0 Å². The Morgan fingerprint density at radius 1 is 0.295 bits per heavy atom. The zero-order valence-electron chi connectivity index (χ0n) is 43.0. The third kappa shape index (κ3) is 49.4. The van der Waals surface area contributed by atoms with Gasteiger partial charge in [-0.05, 0) is 24.7 Å². The lowest BCUT2D eigenvalue weighted by atomic mass is 9.74. The summed E-state index contributed by atoms with van der Waals surface area (Å²) in [5.41, 5.74) is 0.0659. The van der Waals surface area contributed by atoms with Crippen molar-refractivity contribution in [2.45, 2.75) is 348 Å². The molecule has 0 saturated carbocycles. The molecule has 0 aromatic heterocycles. The maximum atomic E-state index is 12.5. The first kappa shape index (κ1) is 61.1. The van der Waals surface area contributed by atoms with Gasteiger partial charge >= 0.3 is 7.60 Å². The Morgan fingerprint density at radius 2 is 0.443 bits per heavy atom. The van der Waals surface area contributed by atoms with Gasteiger partial charge in [0.15, 0.2) is 0 Å². The second-order valence-electron chi connectivity index (χ2n) is 20.7. The Balaban J connectivity index is 4.61. The molecule has 61 heavy (non-hydrogen) atoms. The van der Waals surface area contributed by atoms with E-state index in [2.05, 4.69) is 20.8 Å². The van der Waals surface area contributed by atoms with Gasteiger partial charge in [0.05, 0.1) is 6.61 Å². The van der Waals surface area contributed by atoms with E-state index in [-0.39, 0.29) is 5.41 Å². The Hall–Kier alpha value is 0.150. The summed E-state index contributed by atoms with van der Waals surface area (Å²) in [7, 11) is -3.49. The van der Waals surface area contributed by atoms with Gasteiger partial charge in [0.1, 0.15) is 0 Å². The van der Waals surface area contributed by atoms with E-state index in [4.69, 9.17) is 4.52 Å². The summed E-state index contributed by atoms with van der Waals surface area (Å²) in [6, 6.07) is 0. The third-order valence-corrected chi connectivity index (χ3v) is 14.9. The molecule has 0 saturated heterocycles. The smallest absolute Gasteiger partial charge is 0.324 e. The fraction of sp³-hybridized carbons (Fsp3) is 1.00. The summed E-state index contributed by atoms with van der Waals surface area (Å²) in [5.74, 6) is 0. The molecule has 1 atom stereocenters. The largest absolute Gasteiger partial charge is 0.325 e. The van der Waals surface area contributed by atoms with Gasteiger partial charge in [0, 0.05) is 6.66 Å². The molecule has 1 N–H and O–H groups in total. The summed E-state index contributed by atoms with van der Waals surface area (Å²) in [6.45, 7) is 8.79. The van der Waals surface area contributed by atoms with Gasteiger partial charge in [-0.1, -0.05) is 329 Å². The molecule has 0 spiro atoms. The summed E-state index contributed by atoms with van der Waals surface area (Å²) in [5, 5.41) is 0. The van der Waals surface area contributed by atoms with Gasteiger partial charge in [-0.3, -0.25) is 4.57 Å². The van der Waals surface area contributed by atoms with Crippen LogP contribution in [-0.2, 0) is 9.09 Å². The van der Waals surface area contributed by atoms with Crippen LogP contribution in [0.1, 0.15) is 348 Å². The van der Waals surface area contributed by atoms with Crippen molar-refractivity contribution in [3.63, 3.8) is 0 Å². The van der Waals surface area contributed by atoms with Crippen LogP contribution in [0.3, 0.4) is 0 Å². The summed E-state index contributed by atoms with van der Waals surface area (Å²) < 4.78 is 18.3. The number of hydrogen-bond donors (Lipinski definition) is 1. The minimum atomic E-state index is -3.49. The molecule has 0 aromatic carbocycles. The fourth-order valence-corrected chi connectivity index (χ4v) is 10.5. The van der Waals surface area contributed by atoms with Gasteiger partial charge < -0.3 is 9.42 Å². The first-order valence-electron chi connectivity index (χ1n) is 28.8. The zero-order chi connectivity index (χ0) is 44.5. The molecule has 3 nitrogen and oxygen atoms in total. The summed E-state index contributed by atoms with van der Waals surface area (Å²) in [6.07, 6.45) is 70.6. The molecule has 0 aromatic rings. The Labute approximate surface area is 387 Å². The maximum absolute atomic E-state index is 12.5. The SMILES string of the molecule is CCCCCCCCCCCCCCCCCCC(CCCCCCCCCCCCCCCCCC)(CCCCCCCCCCCCCCCCCC)COP(C)(=O)O. The predicted molar refractivity (Wildman–Crippen MR) is 277 cm³/mol. The molecule has 0 fully saturated rings. The molecule has 0 rings (SSSR count). The maximum Gasteiger partial charge on any atom is 0.325 e. The highest BCUT2D eigenvalue weighted by Crippen LogP contribution is 2.44. The van der Waals surface area contributed by atoms with Gasteiger partial charge in [-0.2, -0.15) is 0 Å². The Bertz CT molecular complexity index is 765. The van der Waals surface area contributed by atoms with Gasteiger partial charge in [-0.25, -0.2) is 0 Å². The highest BCUT2D eigenvalue weighted by atomic mass is 31.2. The molecule has 1 unspecified atom stereocenters.